The average Bonchev–Trinajstić information content (AvgIpc) is 2.97. The first-order chi connectivity index (χ1) is 19.0. The molecule has 0 fully saturated rings. The number of hydrogen-bond donors (Lipinski definition) is 0. The van der Waals surface area contributed by atoms with E-state index in [1.165, 1.54) is 14.2 Å². The zero-order chi connectivity index (χ0) is 27.6. The number of pyridine rings is 1. The fourth-order valence-corrected chi connectivity index (χ4v) is 5.67. The van der Waals surface area contributed by atoms with E-state index >= 15 is 0 Å². The van der Waals surface area contributed by atoms with Crippen molar-refractivity contribution in [1.29, 1.82) is 0 Å². The van der Waals surface area contributed by atoms with Crippen LogP contribution in [0.5, 0.6) is 0 Å². The maximum Gasteiger partial charge on any atom is 0.338 e. The molecule has 0 amide bonds. The summed E-state index contributed by atoms with van der Waals surface area (Å²) in [6, 6.07) is 25.6. The lowest BCUT2D eigenvalue weighted by Crippen LogP contribution is -2.07. The number of nitrogens with zero attached hydrogens (tertiary/aromatic N) is 1. The minimum atomic E-state index is -0.336. The van der Waals surface area contributed by atoms with Gasteiger partial charge in [-0.25, -0.2) is 9.78 Å². The molecule has 4 rings (SSSR count). The second-order valence-corrected chi connectivity index (χ2v) is 10.7. The topological polar surface area (TPSA) is 65.5 Å². The number of rotatable bonds is 11. The van der Waals surface area contributed by atoms with E-state index in [0.29, 0.717) is 29.2 Å². The van der Waals surface area contributed by atoms with Crippen LogP contribution in [0.25, 0.3) is 23.1 Å². The summed E-state index contributed by atoms with van der Waals surface area (Å²) >= 11 is 7.86. The van der Waals surface area contributed by atoms with Crippen molar-refractivity contribution in [3.8, 4) is 0 Å². The maximum atomic E-state index is 12.3. The second-order valence-electron chi connectivity index (χ2n) is 8.95. The largest absolute Gasteiger partial charge is 0.469 e. The molecular formula is C32H30ClNO4S. The number of carbonyl (C=O) groups excluding carboxylic acids is 2. The van der Waals surface area contributed by atoms with Crippen molar-refractivity contribution in [3.63, 3.8) is 0 Å². The van der Waals surface area contributed by atoms with Crippen LogP contribution >= 0.6 is 23.4 Å². The van der Waals surface area contributed by atoms with E-state index in [9.17, 15) is 9.59 Å². The lowest BCUT2D eigenvalue weighted by molar-refractivity contribution is -0.140. The van der Waals surface area contributed by atoms with E-state index in [1.807, 2.05) is 66.7 Å². The molecule has 0 aliphatic heterocycles. The first-order valence-corrected chi connectivity index (χ1v) is 14.1. The molecule has 0 aliphatic rings. The third kappa shape index (κ3) is 7.94. The molecule has 7 heteroatoms. The number of esters is 2. The molecular weight excluding hydrogens is 530 g/mol. The molecule has 39 heavy (non-hydrogen) atoms. The predicted octanol–water partition coefficient (Wildman–Crippen LogP) is 7.82. The zero-order valence-corrected chi connectivity index (χ0v) is 23.5. The average molecular weight is 560 g/mol. The van der Waals surface area contributed by atoms with Gasteiger partial charge in [-0.1, -0.05) is 72.3 Å². The number of benzene rings is 3. The number of aromatic nitrogens is 1. The molecule has 0 saturated heterocycles. The smallest absolute Gasteiger partial charge is 0.338 e. The van der Waals surface area contributed by atoms with Gasteiger partial charge in [0.2, 0.25) is 0 Å². The van der Waals surface area contributed by atoms with E-state index in [4.69, 9.17) is 26.1 Å². The van der Waals surface area contributed by atoms with Crippen LogP contribution in [0.1, 0.15) is 50.8 Å². The molecule has 1 atom stereocenters. The van der Waals surface area contributed by atoms with Crippen molar-refractivity contribution in [2.45, 2.75) is 24.5 Å². The second kappa shape index (κ2) is 14.0. The van der Waals surface area contributed by atoms with Crippen LogP contribution in [-0.2, 0) is 20.7 Å². The molecule has 200 valence electrons. The number of carbonyl (C=O) groups is 2. The van der Waals surface area contributed by atoms with Crippen molar-refractivity contribution in [3.05, 3.63) is 112 Å². The number of fused-ring (bicyclic) bond motifs is 1. The highest BCUT2D eigenvalue weighted by Crippen LogP contribution is 2.35. The van der Waals surface area contributed by atoms with Crippen LogP contribution in [-0.4, -0.2) is 36.9 Å². The number of thioether (sulfide) groups is 1. The van der Waals surface area contributed by atoms with Gasteiger partial charge in [-0.15, -0.1) is 0 Å². The Labute approximate surface area is 238 Å². The molecule has 0 saturated carbocycles. The van der Waals surface area contributed by atoms with E-state index in [-0.39, 0.29) is 17.2 Å². The first kappa shape index (κ1) is 28.4. The number of halogens is 1. The summed E-state index contributed by atoms with van der Waals surface area (Å²) in [5.74, 6) is 0.0786. The van der Waals surface area contributed by atoms with Crippen molar-refractivity contribution in [2.24, 2.45) is 0 Å². The highest BCUT2D eigenvalue weighted by molar-refractivity contribution is 7.99. The van der Waals surface area contributed by atoms with Gasteiger partial charge in [-0.05, 0) is 59.9 Å². The Morgan fingerprint density at radius 1 is 0.949 bits per heavy atom. The standard InChI is InChI=1S/C32H30ClNO4S/c1-37-31(35)18-19-39-30(17-13-23-7-3-4-9-28(23)32(36)38-2)25-8-5-6-22(20-25)10-15-27-16-12-24-11-14-26(33)21-29(24)34-27/h3-12,14-16,20-21,30H,13,17-19H2,1-2H3. The number of methoxy groups -OCH3 is 2. The van der Waals surface area contributed by atoms with E-state index in [1.54, 1.807) is 17.8 Å². The third-order valence-electron chi connectivity index (χ3n) is 6.36. The molecule has 3 aromatic carbocycles. The molecule has 0 N–H and O–H groups in total. The highest BCUT2D eigenvalue weighted by atomic mass is 35.5. The van der Waals surface area contributed by atoms with Crippen LogP contribution < -0.4 is 0 Å². The van der Waals surface area contributed by atoms with E-state index in [0.717, 1.165) is 39.7 Å². The van der Waals surface area contributed by atoms with Gasteiger partial charge in [0.1, 0.15) is 0 Å². The Kier molecular flexibility index (Phi) is 10.2. The Morgan fingerprint density at radius 2 is 1.77 bits per heavy atom. The molecule has 5 nitrogen and oxygen atoms in total. The van der Waals surface area contributed by atoms with Gasteiger partial charge in [-0.3, -0.25) is 4.79 Å². The first-order valence-electron chi connectivity index (χ1n) is 12.7. The minimum Gasteiger partial charge on any atom is -0.469 e. The SMILES string of the molecule is COC(=O)CCSC(CCc1ccccc1C(=O)OC)c1cccc(C=Cc2ccc3ccc(Cl)cc3n2)c1. The molecule has 0 spiro atoms. The van der Waals surface area contributed by atoms with Gasteiger partial charge in [0.15, 0.2) is 0 Å². The fraction of sp³-hybridized carbons (Fsp3) is 0.219. The summed E-state index contributed by atoms with van der Waals surface area (Å²) in [6.45, 7) is 0. The summed E-state index contributed by atoms with van der Waals surface area (Å²) < 4.78 is 9.79. The molecule has 1 aromatic heterocycles. The van der Waals surface area contributed by atoms with Crippen molar-refractivity contribution in [1.82, 2.24) is 4.98 Å². The monoisotopic (exact) mass is 559 g/mol. The molecule has 0 radical (unpaired) electrons. The Hall–Kier alpha value is -3.61. The molecule has 4 aromatic rings. The molecule has 0 bridgehead atoms. The molecule has 0 aliphatic carbocycles. The maximum absolute atomic E-state index is 12.3. The van der Waals surface area contributed by atoms with Gasteiger partial charge in [0.05, 0.1) is 37.4 Å². The van der Waals surface area contributed by atoms with Gasteiger partial charge < -0.3 is 9.47 Å². The lowest BCUT2D eigenvalue weighted by Gasteiger charge is -2.18. The third-order valence-corrected chi connectivity index (χ3v) is 7.94. The number of hydrogen-bond acceptors (Lipinski definition) is 6. The quantitative estimate of drug-likeness (QED) is 0.175. The summed E-state index contributed by atoms with van der Waals surface area (Å²) in [5.41, 5.74) is 5.43. The Bertz CT molecular complexity index is 1490. The van der Waals surface area contributed by atoms with Gasteiger partial charge >= 0.3 is 11.9 Å². The van der Waals surface area contributed by atoms with Gasteiger partial charge in [-0.2, -0.15) is 11.8 Å². The number of ether oxygens (including phenoxy) is 2. The lowest BCUT2D eigenvalue weighted by atomic mass is 9.98. The summed E-state index contributed by atoms with van der Waals surface area (Å²) in [4.78, 5) is 28.7. The van der Waals surface area contributed by atoms with Crippen LogP contribution in [0.4, 0.5) is 0 Å². The summed E-state index contributed by atoms with van der Waals surface area (Å²) in [6.07, 6.45) is 5.87. The van der Waals surface area contributed by atoms with Gasteiger partial charge in [0, 0.05) is 21.4 Å². The Morgan fingerprint density at radius 3 is 2.59 bits per heavy atom. The normalized spacial score (nSPS) is 12.0. The Balaban J connectivity index is 1.54. The van der Waals surface area contributed by atoms with Crippen LogP contribution in [0.3, 0.4) is 0 Å². The van der Waals surface area contributed by atoms with E-state index < -0.39 is 0 Å². The zero-order valence-electron chi connectivity index (χ0n) is 21.9. The van der Waals surface area contributed by atoms with Crippen molar-refractivity contribution in [2.75, 3.05) is 20.0 Å². The van der Waals surface area contributed by atoms with Crippen LogP contribution in [0, 0.1) is 0 Å². The molecule has 1 unspecified atom stereocenters. The van der Waals surface area contributed by atoms with Crippen molar-refractivity contribution >= 4 is 58.4 Å². The summed E-state index contributed by atoms with van der Waals surface area (Å²) in [7, 11) is 2.80. The fourth-order valence-electron chi connectivity index (χ4n) is 4.31. The number of aryl methyl sites for hydroxylation is 1. The molecule has 1 heterocycles. The van der Waals surface area contributed by atoms with E-state index in [2.05, 4.69) is 18.2 Å². The predicted molar refractivity (Wildman–Crippen MR) is 160 cm³/mol. The summed E-state index contributed by atoms with van der Waals surface area (Å²) in [5, 5.41) is 1.82. The highest BCUT2D eigenvalue weighted by Gasteiger charge is 2.17. The minimum absolute atomic E-state index is 0.120. The van der Waals surface area contributed by atoms with Crippen LogP contribution in [0.2, 0.25) is 5.02 Å². The van der Waals surface area contributed by atoms with Gasteiger partial charge in [0.25, 0.3) is 0 Å². The van der Waals surface area contributed by atoms with Crippen LogP contribution in [0.15, 0.2) is 78.9 Å². The van der Waals surface area contributed by atoms with Crippen molar-refractivity contribution < 1.29 is 19.1 Å².